The summed E-state index contributed by atoms with van der Waals surface area (Å²) in [6.07, 6.45) is 3.27. The molecule has 1 aliphatic heterocycles. The SMILES string of the molecule is CN1CCCC(O)(C2CC2c2ccccc2)C1. The van der Waals surface area contributed by atoms with Crippen LogP contribution >= 0.6 is 0 Å². The molecule has 2 aliphatic rings. The minimum atomic E-state index is -0.437. The molecule has 0 amide bonds. The van der Waals surface area contributed by atoms with Crippen LogP contribution in [0.15, 0.2) is 30.3 Å². The molecule has 0 aromatic heterocycles. The van der Waals surface area contributed by atoms with Gasteiger partial charge in [0.25, 0.3) is 0 Å². The number of nitrogens with zero attached hydrogens (tertiary/aromatic N) is 1. The average molecular weight is 231 g/mol. The minimum Gasteiger partial charge on any atom is -0.388 e. The van der Waals surface area contributed by atoms with Crippen LogP contribution in [0.4, 0.5) is 0 Å². The Morgan fingerprint density at radius 2 is 2.06 bits per heavy atom. The highest BCUT2D eigenvalue weighted by molar-refractivity contribution is 5.28. The molecule has 3 unspecified atom stereocenters. The summed E-state index contributed by atoms with van der Waals surface area (Å²) < 4.78 is 0. The maximum Gasteiger partial charge on any atom is 0.0808 e. The lowest BCUT2D eigenvalue weighted by Crippen LogP contribution is -2.48. The first-order chi connectivity index (χ1) is 8.19. The van der Waals surface area contributed by atoms with Crippen LogP contribution in [0.1, 0.15) is 30.7 Å². The van der Waals surface area contributed by atoms with E-state index >= 15 is 0 Å². The van der Waals surface area contributed by atoms with Crippen molar-refractivity contribution in [3.63, 3.8) is 0 Å². The van der Waals surface area contributed by atoms with Crippen molar-refractivity contribution < 1.29 is 5.11 Å². The number of hydrogen-bond acceptors (Lipinski definition) is 2. The van der Waals surface area contributed by atoms with Gasteiger partial charge in [0.05, 0.1) is 5.60 Å². The fraction of sp³-hybridized carbons (Fsp3) is 0.600. The Balaban J connectivity index is 1.72. The normalized spacial score (nSPS) is 38.0. The average Bonchev–Trinajstić information content (AvgIpc) is 3.10. The number of benzene rings is 1. The third-order valence-corrected chi connectivity index (χ3v) is 4.40. The molecule has 1 aromatic carbocycles. The molecular formula is C15H21NO. The van der Waals surface area contributed by atoms with E-state index in [1.165, 1.54) is 5.56 Å². The topological polar surface area (TPSA) is 23.5 Å². The number of likely N-dealkylation sites (tertiary alicyclic amines) is 1. The van der Waals surface area contributed by atoms with E-state index in [1.54, 1.807) is 0 Å². The zero-order valence-electron chi connectivity index (χ0n) is 10.5. The van der Waals surface area contributed by atoms with Gasteiger partial charge in [0, 0.05) is 6.54 Å². The Labute approximate surface area is 103 Å². The van der Waals surface area contributed by atoms with Crippen LogP contribution in [-0.4, -0.2) is 35.7 Å². The summed E-state index contributed by atoms with van der Waals surface area (Å²) in [6, 6.07) is 10.6. The molecule has 0 bridgehead atoms. The Bertz CT molecular complexity index is 391. The lowest BCUT2D eigenvalue weighted by molar-refractivity contribution is -0.0423. The quantitative estimate of drug-likeness (QED) is 0.844. The molecule has 1 heterocycles. The van der Waals surface area contributed by atoms with Gasteiger partial charge in [-0.05, 0) is 50.3 Å². The Hall–Kier alpha value is -0.860. The highest BCUT2D eigenvalue weighted by Crippen LogP contribution is 2.55. The van der Waals surface area contributed by atoms with E-state index in [2.05, 4.69) is 42.3 Å². The number of likely N-dealkylation sites (N-methyl/N-ethyl adjacent to an activating group) is 1. The van der Waals surface area contributed by atoms with Crippen LogP contribution in [0.25, 0.3) is 0 Å². The maximum atomic E-state index is 10.8. The summed E-state index contributed by atoms with van der Waals surface area (Å²) >= 11 is 0. The van der Waals surface area contributed by atoms with Crippen molar-refractivity contribution in [1.82, 2.24) is 4.90 Å². The standard InChI is InChI=1S/C15H21NO/c1-16-9-5-8-15(17,11-16)14-10-13(14)12-6-3-2-4-7-12/h2-4,6-7,13-14,17H,5,8-11H2,1H3. The monoisotopic (exact) mass is 231 g/mol. The van der Waals surface area contributed by atoms with Gasteiger partial charge in [0.15, 0.2) is 0 Å². The minimum absolute atomic E-state index is 0.437. The molecule has 1 saturated heterocycles. The third-order valence-electron chi connectivity index (χ3n) is 4.40. The van der Waals surface area contributed by atoms with Crippen molar-refractivity contribution >= 4 is 0 Å². The van der Waals surface area contributed by atoms with Crippen molar-refractivity contribution in [3.8, 4) is 0 Å². The van der Waals surface area contributed by atoms with Crippen LogP contribution < -0.4 is 0 Å². The summed E-state index contributed by atoms with van der Waals surface area (Å²) in [5, 5.41) is 10.8. The fourth-order valence-corrected chi connectivity index (χ4v) is 3.44. The first-order valence-electron chi connectivity index (χ1n) is 6.65. The molecule has 2 fully saturated rings. The maximum absolute atomic E-state index is 10.8. The van der Waals surface area contributed by atoms with Gasteiger partial charge < -0.3 is 10.0 Å². The molecule has 1 saturated carbocycles. The van der Waals surface area contributed by atoms with E-state index in [0.29, 0.717) is 11.8 Å². The zero-order chi connectivity index (χ0) is 11.9. The second kappa shape index (κ2) is 4.11. The van der Waals surface area contributed by atoms with Gasteiger partial charge in [0.1, 0.15) is 0 Å². The van der Waals surface area contributed by atoms with Crippen LogP contribution in [-0.2, 0) is 0 Å². The van der Waals surface area contributed by atoms with Crippen molar-refractivity contribution in [2.75, 3.05) is 20.1 Å². The van der Waals surface area contributed by atoms with Crippen LogP contribution in [0.3, 0.4) is 0 Å². The van der Waals surface area contributed by atoms with E-state index in [9.17, 15) is 5.11 Å². The lowest BCUT2D eigenvalue weighted by Gasteiger charge is -2.38. The number of aliphatic hydroxyl groups is 1. The molecule has 1 aromatic rings. The molecule has 3 atom stereocenters. The molecular weight excluding hydrogens is 210 g/mol. The molecule has 1 N–H and O–H groups in total. The molecule has 3 rings (SSSR count). The van der Waals surface area contributed by atoms with Gasteiger partial charge in [-0.2, -0.15) is 0 Å². The van der Waals surface area contributed by atoms with E-state index in [1.807, 2.05) is 0 Å². The number of piperidine rings is 1. The van der Waals surface area contributed by atoms with E-state index in [-0.39, 0.29) is 0 Å². The van der Waals surface area contributed by atoms with Crippen LogP contribution in [0.2, 0.25) is 0 Å². The lowest BCUT2D eigenvalue weighted by atomic mass is 9.86. The van der Waals surface area contributed by atoms with Crippen molar-refractivity contribution in [3.05, 3.63) is 35.9 Å². The largest absolute Gasteiger partial charge is 0.388 e. The second-order valence-corrected chi connectivity index (χ2v) is 5.80. The van der Waals surface area contributed by atoms with Crippen LogP contribution in [0.5, 0.6) is 0 Å². The van der Waals surface area contributed by atoms with Gasteiger partial charge in [-0.15, -0.1) is 0 Å². The van der Waals surface area contributed by atoms with E-state index < -0.39 is 5.60 Å². The molecule has 1 aliphatic carbocycles. The number of rotatable bonds is 2. The summed E-state index contributed by atoms with van der Waals surface area (Å²) in [5.41, 5.74) is 0.965. The van der Waals surface area contributed by atoms with Gasteiger partial charge in [-0.3, -0.25) is 0 Å². The molecule has 2 heteroatoms. The van der Waals surface area contributed by atoms with Crippen molar-refractivity contribution in [2.24, 2.45) is 5.92 Å². The van der Waals surface area contributed by atoms with Crippen LogP contribution in [0, 0.1) is 5.92 Å². The summed E-state index contributed by atoms with van der Waals surface area (Å²) in [7, 11) is 2.12. The number of hydrogen-bond donors (Lipinski definition) is 1. The highest BCUT2D eigenvalue weighted by Gasteiger charge is 2.53. The van der Waals surface area contributed by atoms with Crippen molar-refractivity contribution in [1.29, 1.82) is 0 Å². The molecule has 0 spiro atoms. The smallest absolute Gasteiger partial charge is 0.0808 e. The Morgan fingerprint density at radius 3 is 2.76 bits per heavy atom. The van der Waals surface area contributed by atoms with Gasteiger partial charge in [-0.25, -0.2) is 0 Å². The second-order valence-electron chi connectivity index (χ2n) is 5.80. The molecule has 17 heavy (non-hydrogen) atoms. The number of β-amino-alcohol motifs (C(OH)–C–C–N with tert-alkyl or cyclic N) is 1. The fourth-order valence-electron chi connectivity index (χ4n) is 3.44. The molecule has 92 valence electrons. The van der Waals surface area contributed by atoms with Crippen molar-refractivity contribution in [2.45, 2.75) is 30.8 Å². The first kappa shape index (κ1) is 11.2. The summed E-state index contributed by atoms with van der Waals surface area (Å²) in [5.74, 6) is 1.07. The predicted octanol–water partition coefficient (Wildman–Crippen LogP) is 2.25. The zero-order valence-corrected chi connectivity index (χ0v) is 10.5. The highest BCUT2D eigenvalue weighted by atomic mass is 16.3. The summed E-state index contributed by atoms with van der Waals surface area (Å²) in [4.78, 5) is 2.27. The summed E-state index contributed by atoms with van der Waals surface area (Å²) in [6.45, 7) is 1.98. The molecule has 0 radical (unpaired) electrons. The Kier molecular flexibility index (Phi) is 2.72. The van der Waals surface area contributed by atoms with Gasteiger partial charge in [-0.1, -0.05) is 30.3 Å². The molecule has 2 nitrogen and oxygen atoms in total. The van der Waals surface area contributed by atoms with Gasteiger partial charge in [0.2, 0.25) is 0 Å². The van der Waals surface area contributed by atoms with E-state index in [4.69, 9.17) is 0 Å². The predicted molar refractivity (Wildman–Crippen MR) is 69.0 cm³/mol. The van der Waals surface area contributed by atoms with Gasteiger partial charge >= 0.3 is 0 Å². The first-order valence-corrected chi connectivity index (χ1v) is 6.65. The third kappa shape index (κ3) is 2.12. The Morgan fingerprint density at radius 1 is 1.29 bits per heavy atom. The van der Waals surface area contributed by atoms with E-state index in [0.717, 1.165) is 32.4 Å².